The lowest BCUT2D eigenvalue weighted by Crippen LogP contribution is -2.04. The molecule has 1 aliphatic rings. The Labute approximate surface area is 83.8 Å². The number of ether oxygens (including phenoxy) is 2. The Balaban J connectivity index is 2.38. The number of benzene rings is 1. The summed E-state index contributed by atoms with van der Waals surface area (Å²) in [6, 6.07) is 4.11. The molecule has 76 valence electrons. The lowest BCUT2D eigenvalue weighted by Gasteiger charge is -2.09. The van der Waals surface area contributed by atoms with Crippen LogP contribution in [0.1, 0.15) is 11.1 Å². The molecule has 14 heavy (non-hydrogen) atoms. The fraction of sp³-hybridized carbons (Fsp3) is 0.455. The highest BCUT2D eigenvalue weighted by Crippen LogP contribution is 2.32. The second kappa shape index (κ2) is 3.88. The molecular formula is C11H15NO2. The van der Waals surface area contributed by atoms with Crippen molar-refractivity contribution in [1.82, 2.24) is 0 Å². The van der Waals surface area contributed by atoms with Crippen molar-refractivity contribution in [2.24, 2.45) is 5.73 Å². The van der Waals surface area contributed by atoms with E-state index in [1.165, 1.54) is 5.56 Å². The average Bonchev–Trinajstić information content (AvgIpc) is 2.64. The largest absolute Gasteiger partial charge is 0.496 e. The first kappa shape index (κ1) is 9.34. The van der Waals surface area contributed by atoms with Crippen molar-refractivity contribution in [1.29, 1.82) is 0 Å². The van der Waals surface area contributed by atoms with Gasteiger partial charge in [-0.3, -0.25) is 0 Å². The van der Waals surface area contributed by atoms with Gasteiger partial charge in [0.25, 0.3) is 0 Å². The fourth-order valence-electron chi connectivity index (χ4n) is 1.79. The summed E-state index contributed by atoms with van der Waals surface area (Å²) in [5.74, 6) is 1.92. The zero-order chi connectivity index (χ0) is 9.97. The van der Waals surface area contributed by atoms with E-state index in [0.717, 1.165) is 36.5 Å². The third-order valence-electron chi connectivity index (χ3n) is 2.51. The first-order valence-corrected chi connectivity index (χ1v) is 4.88. The van der Waals surface area contributed by atoms with E-state index in [-0.39, 0.29) is 0 Å². The molecule has 0 aromatic heterocycles. The Morgan fingerprint density at radius 1 is 1.50 bits per heavy atom. The summed E-state index contributed by atoms with van der Waals surface area (Å²) < 4.78 is 10.8. The molecule has 0 bridgehead atoms. The molecule has 0 radical (unpaired) electrons. The minimum Gasteiger partial charge on any atom is -0.496 e. The van der Waals surface area contributed by atoms with Gasteiger partial charge in [-0.25, -0.2) is 0 Å². The molecule has 1 aromatic carbocycles. The van der Waals surface area contributed by atoms with Gasteiger partial charge in [-0.15, -0.1) is 0 Å². The number of rotatable bonds is 3. The molecule has 0 unspecified atom stereocenters. The standard InChI is InChI=1S/C11H15NO2/c1-13-10-6-9-3-5-14-11(9)7-8(10)2-4-12/h6-7H,2-5,12H2,1H3. The maximum Gasteiger partial charge on any atom is 0.123 e. The minimum absolute atomic E-state index is 0.634. The number of methoxy groups -OCH3 is 1. The van der Waals surface area contributed by atoms with E-state index in [1.807, 2.05) is 6.07 Å². The van der Waals surface area contributed by atoms with Crippen molar-refractivity contribution >= 4 is 0 Å². The van der Waals surface area contributed by atoms with E-state index in [9.17, 15) is 0 Å². The van der Waals surface area contributed by atoms with Gasteiger partial charge in [0, 0.05) is 12.0 Å². The SMILES string of the molecule is COc1cc2c(cc1CCN)OCC2. The summed E-state index contributed by atoms with van der Waals surface area (Å²) in [5.41, 5.74) is 7.91. The van der Waals surface area contributed by atoms with E-state index >= 15 is 0 Å². The predicted octanol–water partition coefficient (Wildman–Crippen LogP) is 1.13. The van der Waals surface area contributed by atoms with Crippen LogP contribution in [0.3, 0.4) is 0 Å². The van der Waals surface area contributed by atoms with Crippen LogP contribution in [-0.4, -0.2) is 20.3 Å². The molecule has 0 amide bonds. The van der Waals surface area contributed by atoms with Crippen molar-refractivity contribution in [3.8, 4) is 11.5 Å². The Hall–Kier alpha value is -1.22. The molecule has 2 N–H and O–H groups in total. The summed E-state index contributed by atoms with van der Waals surface area (Å²) in [4.78, 5) is 0. The topological polar surface area (TPSA) is 44.5 Å². The lowest BCUT2D eigenvalue weighted by molar-refractivity contribution is 0.356. The van der Waals surface area contributed by atoms with Crippen LogP contribution < -0.4 is 15.2 Å². The Kier molecular flexibility index (Phi) is 2.59. The van der Waals surface area contributed by atoms with Gasteiger partial charge in [-0.1, -0.05) is 0 Å². The number of nitrogens with two attached hydrogens (primary N) is 1. The number of fused-ring (bicyclic) bond motifs is 1. The van der Waals surface area contributed by atoms with Gasteiger partial charge in [0.15, 0.2) is 0 Å². The van der Waals surface area contributed by atoms with Crippen LogP contribution in [0.2, 0.25) is 0 Å². The molecule has 3 nitrogen and oxygen atoms in total. The third-order valence-corrected chi connectivity index (χ3v) is 2.51. The highest BCUT2D eigenvalue weighted by molar-refractivity contribution is 5.48. The van der Waals surface area contributed by atoms with Crippen molar-refractivity contribution in [2.45, 2.75) is 12.8 Å². The molecule has 1 aromatic rings. The number of hydrogen-bond acceptors (Lipinski definition) is 3. The second-order valence-corrected chi connectivity index (χ2v) is 3.41. The molecule has 1 aliphatic heterocycles. The molecule has 3 heteroatoms. The molecule has 0 saturated carbocycles. The van der Waals surface area contributed by atoms with E-state index in [0.29, 0.717) is 6.54 Å². The average molecular weight is 193 g/mol. The van der Waals surface area contributed by atoms with Crippen molar-refractivity contribution in [2.75, 3.05) is 20.3 Å². The molecule has 2 rings (SSSR count). The first-order chi connectivity index (χ1) is 6.85. The Bertz CT molecular complexity index is 336. The fourth-order valence-corrected chi connectivity index (χ4v) is 1.79. The highest BCUT2D eigenvalue weighted by atomic mass is 16.5. The second-order valence-electron chi connectivity index (χ2n) is 3.41. The van der Waals surface area contributed by atoms with E-state index in [1.54, 1.807) is 7.11 Å². The quantitative estimate of drug-likeness (QED) is 0.782. The smallest absolute Gasteiger partial charge is 0.123 e. The summed E-state index contributed by atoms with van der Waals surface area (Å²) >= 11 is 0. The minimum atomic E-state index is 0.634. The van der Waals surface area contributed by atoms with Gasteiger partial charge >= 0.3 is 0 Å². The van der Waals surface area contributed by atoms with E-state index < -0.39 is 0 Å². The molecule has 1 heterocycles. The summed E-state index contributed by atoms with van der Waals surface area (Å²) in [5, 5.41) is 0. The van der Waals surface area contributed by atoms with Crippen LogP contribution in [0.5, 0.6) is 11.5 Å². The Morgan fingerprint density at radius 3 is 3.07 bits per heavy atom. The van der Waals surface area contributed by atoms with Gasteiger partial charge in [0.05, 0.1) is 13.7 Å². The van der Waals surface area contributed by atoms with E-state index in [2.05, 4.69) is 6.07 Å². The van der Waals surface area contributed by atoms with Crippen molar-refractivity contribution in [3.63, 3.8) is 0 Å². The first-order valence-electron chi connectivity index (χ1n) is 4.88. The van der Waals surface area contributed by atoms with Crippen LogP contribution in [0, 0.1) is 0 Å². The van der Waals surface area contributed by atoms with Gasteiger partial charge in [0.2, 0.25) is 0 Å². The zero-order valence-corrected chi connectivity index (χ0v) is 8.38. The molecule has 0 spiro atoms. The maximum atomic E-state index is 5.53. The lowest BCUT2D eigenvalue weighted by atomic mass is 10.1. The van der Waals surface area contributed by atoms with Crippen molar-refractivity contribution < 1.29 is 9.47 Å². The summed E-state index contributed by atoms with van der Waals surface area (Å²) in [6.45, 7) is 1.42. The highest BCUT2D eigenvalue weighted by Gasteiger charge is 2.15. The van der Waals surface area contributed by atoms with Gasteiger partial charge in [0.1, 0.15) is 11.5 Å². The zero-order valence-electron chi connectivity index (χ0n) is 8.38. The third kappa shape index (κ3) is 1.55. The van der Waals surface area contributed by atoms with Crippen LogP contribution in [-0.2, 0) is 12.8 Å². The number of hydrogen-bond donors (Lipinski definition) is 1. The molecule has 0 saturated heterocycles. The monoisotopic (exact) mass is 193 g/mol. The molecule has 0 aliphatic carbocycles. The van der Waals surface area contributed by atoms with Crippen LogP contribution in [0.25, 0.3) is 0 Å². The normalized spacial score (nSPS) is 13.6. The Morgan fingerprint density at radius 2 is 2.36 bits per heavy atom. The van der Waals surface area contributed by atoms with Crippen LogP contribution >= 0.6 is 0 Å². The van der Waals surface area contributed by atoms with Crippen LogP contribution in [0.4, 0.5) is 0 Å². The maximum absolute atomic E-state index is 5.53. The van der Waals surface area contributed by atoms with Crippen LogP contribution in [0.15, 0.2) is 12.1 Å². The summed E-state index contributed by atoms with van der Waals surface area (Å²) in [6.07, 6.45) is 1.81. The molecule has 0 atom stereocenters. The predicted molar refractivity (Wildman–Crippen MR) is 55.0 cm³/mol. The van der Waals surface area contributed by atoms with E-state index in [4.69, 9.17) is 15.2 Å². The van der Waals surface area contributed by atoms with Crippen molar-refractivity contribution in [3.05, 3.63) is 23.3 Å². The van der Waals surface area contributed by atoms with Gasteiger partial charge < -0.3 is 15.2 Å². The molecule has 0 fully saturated rings. The van der Waals surface area contributed by atoms with Gasteiger partial charge in [-0.05, 0) is 30.7 Å². The summed E-state index contributed by atoms with van der Waals surface area (Å²) in [7, 11) is 1.69. The molecular weight excluding hydrogens is 178 g/mol. The van der Waals surface area contributed by atoms with Gasteiger partial charge in [-0.2, -0.15) is 0 Å².